The number of fused-ring (bicyclic) bond motifs is 1. The predicted molar refractivity (Wildman–Crippen MR) is 106 cm³/mol. The van der Waals surface area contributed by atoms with Crippen molar-refractivity contribution >= 4 is 48.4 Å². The molecule has 0 fully saturated rings. The summed E-state index contributed by atoms with van der Waals surface area (Å²) in [7, 11) is 1.64. The van der Waals surface area contributed by atoms with Gasteiger partial charge in [0, 0.05) is 5.56 Å². The fraction of sp³-hybridized carbons (Fsp3) is 0.150. The van der Waals surface area contributed by atoms with E-state index in [1.807, 2.05) is 66.7 Å². The maximum atomic E-state index is 12.8. The van der Waals surface area contributed by atoms with E-state index in [2.05, 4.69) is 31.9 Å². The average Bonchev–Trinajstić information content (AvgIpc) is 2.66. The molecule has 122 valence electrons. The lowest BCUT2D eigenvalue weighted by atomic mass is 10.00. The second kappa shape index (κ2) is 7.49. The molecule has 0 spiro atoms. The van der Waals surface area contributed by atoms with Crippen LogP contribution in [0.4, 0.5) is 0 Å². The zero-order valence-corrected chi connectivity index (χ0v) is 16.2. The van der Waals surface area contributed by atoms with Crippen molar-refractivity contribution in [3.63, 3.8) is 0 Å². The Hall–Kier alpha value is -1.65. The normalized spacial score (nSPS) is 13.5. The Labute approximate surface area is 158 Å². The summed E-state index contributed by atoms with van der Waals surface area (Å²) >= 11 is 7.19. The van der Waals surface area contributed by atoms with Crippen molar-refractivity contribution in [2.24, 2.45) is 0 Å². The van der Waals surface area contributed by atoms with E-state index < -0.39 is 0 Å². The van der Waals surface area contributed by atoms with E-state index in [4.69, 9.17) is 4.74 Å². The Balaban J connectivity index is 1.83. The summed E-state index contributed by atoms with van der Waals surface area (Å²) in [6, 6.07) is 21.5. The fourth-order valence-electron chi connectivity index (χ4n) is 2.59. The van der Waals surface area contributed by atoms with Crippen molar-refractivity contribution < 1.29 is 9.53 Å². The third-order valence-corrected chi connectivity index (χ3v) is 6.69. The lowest BCUT2D eigenvalue weighted by molar-refractivity contribution is 0.0991. The van der Waals surface area contributed by atoms with Crippen molar-refractivity contribution in [3.05, 3.63) is 77.9 Å². The zero-order chi connectivity index (χ0) is 17.1. The molecule has 0 heterocycles. The van der Waals surface area contributed by atoms with Gasteiger partial charge >= 0.3 is 0 Å². The second-order valence-corrected chi connectivity index (χ2v) is 7.48. The van der Waals surface area contributed by atoms with Crippen LogP contribution in [0.5, 0.6) is 5.75 Å². The average molecular weight is 448 g/mol. The third kappa shape index (κ3) is 3.55. The van der Waals surface area contributed by atoms with E-state index in [0.29, 0.717) is 5.56 Å². The fourth-order valence-corrected chi connectivity index (χ4v) is 3.71. The van der Waals surface area contributed by atoms with Crippen LogP contribution in [0.3, 0.4) is 0 Å². The van der Waals surface area contributed by atoms with E-state index in [0.717, 1.165) is 22.1 Å². The smallest absolute Gasteiger partial charge is 0.177 e. The number of hydrogen-bond donors (Lipinski definition) is 0. The van der Waals surface area contributed by atoms with Gasteiger partial charge in [-0.25, -0.2) is 0 Å². The molecule has 0 amide bonds. The number of carbonyl (C=O) groups is 1. The van der Waals surface area contributed by atoms with E-state index >= 15 is 0 Å². The first-order chi connectivity index (χ1) is 11.6. The number of benzene rings is 3. The van der Waals surface area contributed by atoms with Crippen LogP contribution in [-0.2, 0) is 0 Å². The highest BCUT2D eigenvalue weighted by atomic mass is 79.9. The highest BCUT2D eigenvalue weighted by Crippen LogP contribution is 2.34. The standard InChI is InChI=1S/C20H16Br2O2/c1-24-17-10-8-14(9-11-17)18(21)19(22)20(23)16-7-6-13-4-2-3-5-15(13)12-16/h2-12,18-19H,1H3. The molecular weight excluding hydrogens is 432 g/mol. The van der Waals surface area contributed by atoms with Gasteiger partial charge in [-0.05, 0) is 34.5 Å². The molecule has 2 nitrogen and oxygen atoms in total. The molecule has 0 aliphatic rings. The number of methoxy groups -OCH3 is 1. The topological polar surface area (TPSA) is 26.3 Å². The van der Waals surface area contributed by atoms with Gasteiger partial charge in [0.15, 0.2) is 5.78 Å². The van der Waals surface area contributed by atoms with Crippen LogP contribution in [0.2, 0.25) is 0 Å². The summed E-state index contributed by atoms with van der Waals surface area (Å²) in [5.41, 5.74) is 1.72. The number of carbonyl (C=O) groups excluding carboxylic acids is 1. The maximum Gasteiger partial charge on any atom is 0.177 e. The van der Waals surface area contributed by atoms with Gasteiger partial charge in [-0.3, -0.25) is 4.79 Å². The van der Waals surface area contributed by atoms with Crippen molar-refractivity contribution in [1.29, 1.82) is 0 Å². The van der Waals surface area contributed by atoms with Crippen LogP contribution >= 0.6 is 31.9 Å². The Morgan fingerprint density at radius 3 is 2.25 bits per heavy atom. The van der Waals surface area contributed by atoms with Gasteiger partial charge in [0.2, 0.25) is 0 Å². The van der Waals surface area contributed by atoms with Gasteiger partial charge in [0.1, 0.15) is 5.75 Å². The number of alkyl halides is 2. The van der Waals surface area contributed by atoms with Gasteiger partial charge in [0.25, 0.3) is 0 Å². The van der Waals surface area contributed by atoms with Crippen molar-refractivity contribution in [2.45, 2.75) is 9.65 Å². The summed E-state index contributed by atoms with van der Waals surface area (Å²) in [5, 5.41) is 2.20. The number of rotatable bonds is 5. The van der Waals surface area contributed by atoms with Crippen LogP contribution < -0.4 is 4.74 Å². The molecule has 0 saturated heterocycles. The minimum atomic E-state index is -0.355. The molecule has 2 atom stereocenters. The van der Waals surface area contributed by atoms with Crippen LogP contribution in [0, 0.1) is 0 Å². The molecule has 0 N–H and O–H groups in total. The number of ketones is 1. The van der Waals surface area contributed by atoms with Gasteiger partial charge in [-0.15, -0.1) is 0 Å². The second-order valence-electron chi connectivity index (χ2n) is 5.50. The molecule has 0 aliphatic carbocycles. The molecule has 3 aromatic carbocycles. The van der Waals surface area contributed by atoms with Crippen LogP contribution in [0.25, 0.3) is 10.8 Å². The summed E-state index contributed by atoms with van der Waals surface area (Å²) in [5.74, 6) is 0.851. The van der Waals surface area contributed by atoms with Crippen molar-refractivity contribution in [1.82, 2.24) is 0 Å². The molecule has 3 rings (SSSR count). The Morgan fingerprint density at radius 1 is 0.917 bits per heavy atom. The number of hydrogen-bond acceptors (Lipinski definition) is 2. The van der Waals surface area contributed by atoms with Crippen LogP contribution in [-0.4, -0.2) is 17.7 Å². The minimum absolute atomic E-state index is 0.0541. The van der Waals surface area contributed by atoms with Crippen molar-refractivity contribution in [2.75, 3.05) is 7.11 Å². The summed E-state index contributed by atoms with van der Waals surface area (Å²) in [4.78, 5) is 12.3. The first-order valence-corrected chi connectivity index (χ1v) is 9.38. The van der Waals surface area contributed by atoms with Crippen molar-refractivity contribution in [3.8, 4) is 5.75 Å². The SMILES string of the molecule is COc1ccc(C(Br)C(Br)C(=O)c2ccc3ccccc3c2)cc1. The first-order valence-electron chi connectivity index (χ1n) is 7.55. The van der Waals surface area contributed by atoms with E-state index in [9.17, 15) is 4.79 Å². The molecule has 24 heavy (non-hydrogen) atoms. The van der Waals surface area contributed by atoms with Gasteiger partial charge in [0.05, 0.1) is 16.8 Å². The molecule has 0 aliphatic heterocycles. The Morgan fingerprint density at radius 2 is 1.58 bits per heavy atom. The minimum Gasteiger partial charge on any atom is -0.497 e. The maximum absolute atomic E-state index is 12.8. The van der Waals surface area contributed by atoms with E-state index in [1.54, 1.807) is 7.11 Å². The molecule has 0 bridgehead atoms. The lowest BCUT2D eigenvalue weighted by Crippen LogP contribution is -2.19. The summed E-state index contributed by atoms with van der Waals surface area (Å²) in [6.45, 7) is 0. The first kappa shape index (κ1) is 17.2. The van der Waals surface area contributed by atoms with Gasteiger partial charge in [-0.1, -0.05) is 80.4 Å². The quantitative estimate of drug-likeness (QED) is 0.357. The molecule has 3 aromatic rings. The molecule has 2 unspecified atom stereocenters. The molecular formula is C20H16Br2O2. The number of Topliss-reactive ketones (excluding diaryl/α,β-unsaturated/α-hetero) is 1. The predicted octanol–water partition coefficient (Wildman–Crippen LogP) is 5.93. The number of ether oxygens (including phenoxy) is 1. The van der Waals surface area contributed by atoms with E-state index in [-0.39, 0.29) is 15.4 Å². The highest BCUT2D eigenvalue weighted by molar-refractivity contribution is 9.12. The van der Waals surface area contributed by atoms with E-state index in [1.165, 1.54) is 0 Å². The molecule has 0 saturated carbocycles. The molecule has 0 aromatic heterocycles. The molecule has 0 radical (unpaired) electrons. The monoisotopic (exact) mass is 446 g/mol. The summed E-state index contributed by atoms with van der Waals surface area (Å²) < 4.78 is 5.17. The Bertz CT molecular complexity index is 859. The Kier molecular flexibility index (Phi) is 5.36. The molecule has 4 heteroatoms. The number of halogens is 2. The van der Waals surface area contributed by atoms with Crippen LogP contribution in [0.15, 0.2) is 66.7 Å². The van der Waals surface area contributed by atoms with Gasteiger partial charge in [-0.2, -0.15) is 0 Å². The van der Waals surface area contributed by atoms with Gasteiger partial charge < -0.3 is 4.74 Å². The third-order valence-electron chi connectivity index (χ3n) is 3.98. The largest absolute Gasteiger partial charge is 0.497 e. The zero-order valence-electron chi connectivity index (χ0n) is 13.1. The highest BCUT2D eigenvalue weighted by Gasteiger charge is 2.26. The summed E-state index contributed by atoms with van der Waals surface area (Å²) in [6.07, 6.45) is 0. The van der Waals surface area contributed by atoms with Crippen LogP contribution in [0.1, 0.15) is 20.7 Å². The lowest BCUT2D eigenvalue weighted by Gasteiger charge is -2.17.